The highest BCUT2D eigenvalue weighted by Gasteiger charge is 2.13. The van der Waals surface area contributed by atoms with E-state index in [1.54, 1.807) is 6.20 Å². The lowest BCUT2D eigenvalue weighted by atomic mass is 10.3. The number of hydrogen-bond donors (Lipinski definition) is 1. The fraction of sp³-hybridized carbons (Fsp3) is 0.0909. The quantitative estimate of drug-likeness (QED) is 0.829. The van der Waals surface area contributed by atoms with Crippen LogP contribution in [0.5, 0.6) is 0 Å². The van der Waals surface area contributed by atoms with E-state index >= 15 is 0 Å². The fourth-order valence-electron chi connectivity index (χ4n) is 1.23. The van der Waals surface area contributed by atoms with Crippen LogP contribution in [-0.2, 0) is 4.74 Å². The van der Waals surface area contributed by atoms with Crippen LogP contribution in [0.3, 0.4) is 0 Å². The molecule has 0 aliphatic heterocycles. The van der Waals surface area contributed by atoms with E-state index in [2.05, 4.69) is 15.0 Å². The van der Waals surface area contributed by atoms with E-state index in [0.29, 0.717) is 10.7 Å². The van der Waals surface area contributed by atoms with E-state index in [4.69, 9.17) is 0 Å². The summed E-state index contributed by atoms with van der Waals surface area (Å²) >= 11 is 1.34. The van der Waals surface area contributed by atoms with Crippen molar-refractivity contribution in [3.05, 3.63) is 40.7 Å². The Morgan fingerprint density at radius 3 is 3.00 bits per heavy atom. The zero-order valence-electron chi connectivity index (χ0n) is 8.64. The van der Waals surface area contributed by atoms with Gasteiger partial charge in [0.05, 0.1) is 12.8 Å². The molecule has 5 heteroatoms. The molecule has 2 aromatic rings. The third kappa shape index (κ3) is 2.20. The number of methoxy groups -OCH3 is 1. The normalized spacial score (nSPS) is 9.81. The highest BCUT2D eigenvalue weighted by Crippen LogP contribution is 2.25. The van der Waals surface area contributed by atoms with Crippen molar-refractivity contribution in [1.29, 1.82) is 0 Å². The molecule has 0 aromatic carbocycles. The van der Waals surface area contributed by atoms with E-state index in [0.717, 1.165) is 5.69 Å². The van der Waals surface area contributed by atoms with Crippen LogP contribution in [0.4, 0.5) is 11.5 Å². The molecule has 0 aliphatic rings. The van der Waals surface area contributed by atoms with E-state index in [9.17, 15) is 4.79 Å². The highest BCUT2D eigenvalue weighted by molar-refractivity contribution is 7.12. The number of hydrogen-bond acceptors (Lipinski definition) is 5. The Morgan fingerprint density at radius 1 is 1.44 bits per heavy atom. The molecule has 0 aliphatic carbocycles. The van der Waals surface area contributed by atoms with Crippen molar-refractivity contribution in [1.82, 2.24) is 4.98 Å². The molecule has 16 heavy (non-hydrogen) atoms. The average Bonchev–Trinajstić information content (AvgIpc) is 2.77. The molecule has 0 saturated carbocycles. The predicted molar refractivity (Wildman–Crippen MR) is 63.2 cm³/mol. The number of rotatable bonds is 3. The van der Waals surface area contributed by atoms with Crippen LogP contribution in [-0.4, -0.2) is 18.1 Å². The molecule has 0 radical (unpaired) electrons. The van der Waals surface area contributed by atoms with Crippen LogP contribution in [0, 0.1) is 0 Å². The molecular weight excluding hydrogens is 224 g/mol. The molecule has 2 aromatic heterocycles. The summed E-state index contributed by atoms with van der Waals surface area (Å²) in [4.78, 5) is 16.1. The van der Waals surface area contributed by atoms with Crippen molar-refractivity contribution in [2.24, 2.45) is 0 Å². The number of anilines is 2. The maximum absolute atomic E-state index is 11.4. The molecule has 4 nitrogen and oxygen atoms in total. The second-order valence-electron chi connectivity index (χ2n) is 2.99. The Hall–Kier alpha value is -1.88. The van der Waals surface area contributed by atoms with Gasteiger partial charge in [-0.2, -0.15) is 0 Å². The Balaban J connectivity index is 2.22. The van der Waals surface area contributed by atoms with Crippen molar-refractivity contribution in [3.63, 3.8) is 0 Å². The van der Waals surface area contributed by atoms with E-state index in [-0.39, 0.29) is 5.97 Å². The van der Waals surface area contributed by atoms with Crippen LogP contribution in [0.1, 0.15) is 9.67 Å². The van der Waals surface area contributed by atoms with Gasteiger partial charge in [0.15, 0.2) is 0 Å². The van der Waals surface area contributed by atoms with Gasteiger partial charge in [-0.25, -0.2) is 9.78 Å². The number of ether oxygens (including phenoxy) is 1. The summed E-state index contributed by atoms with van der Waals surface area (Å²) < 4.78 is 4.68. The fourth-order valence-corrected chi connectivity index (χ4v) is 2.00. The monoisotopic (exact) mass is 234 g/mol. The molecule has 0 atom stereocenters. The lowest BCUT2D eigenvalue weighted by Gasteiger charge is -2.04. The number of pyridine rings is 1. The van der Waals surface area contributed by atoms with E-state index in [1.807, 2.05) is 29.6 Å². The molecule has 2 heterocycles. The summed E-state index contributed by atoms with van der Waals surface area (Å²) in [5, 5.41) is 4.90. The van der Waals surface area contributed by atoms with Gasteiger partial charge in [-0.05, 0) is 23.6 Å². The minimum absolute atomic E-state index is 0.339. The number of nitrogens with one attached hydrogen (secondary N) is 1. The van der Waals surface area contributed by atoms with Crippen molar-refractivity contribution in [2.45, 2.75) is 0 Å². The molecule has 0 spiro atoms. The number of carbonyl (C=O) groups is 1. The zero-order valence-corrected chi connectivity index (χ0v) is 9.45. The van der Waals surface area contributed by atoms with E-state index < -0.39 is 0 Å². The maximum Gasteiger partial charge on any atom is 0.350 e. The largest absolute Gasteiger partial charge is 0.465 e. The minimum atomic E-state index is -0.339. The molecule has 0 unspecified atom stereocenters. The number of carbonyl (C=O) groups excluding carboxylic acids is 1. The molecular formula is C11H10N2O2S. The number of nitrogens with zero attached hydrogens (tertiary/aromatic N) is 1. The standard InChI is InChI=1S/C11H10N2O2S/c1-15-11(14)10-8(5-7-16-10)13-9-4-2-3-6-12-9/h2-7H,1H3,(H,12,13). The Kier molecular flexibility index (Phi) is 3.16. The van der Waals surface area contributed by atoms with Crippen LogP contribution in [0.15, 0.2) is 35.8 Å². The second kappa shape index (κ2) is 4.76. The van der Waals surface area contributed by atoms with Gasteiger partial charge in [0, 0.05) is 6.20 Å². The third-order valence-electron chi connectivity index (χ3n) is 1.96. The van der Waals surface area contributed by atoms with Gasteiger partial charge in [-0.3, -0.25) is 0 Å². The van der Waals surface area contributed by atoms with Gasteiger partial charge in [0.2, 0.25) is 0 Å². The highest BCUT2D eigenvalue weighted by atomic mass is 32.1. The topological polar surface area (TPSA) is 51.2 Å². The summed E-state index contributed by atoms with van der Waals surface area (Å²) in [5.74, 6) is 0.361. The van der Waals surface area contributed by atoms with Gasteiger partial charge in [0.25, 0.3) is 0 Å². The molecule has 0 amide bonds. The van der Waals surface area contributed by atoms with Gasteiger partial charge < -0.3 is 10.1 Å². The third-order valence-corrected chi connectivity index (χ3v) is 2.86. The van der Waals surface area contributed by atoms with Gasteiger partial charge in [-0.15, -0.1) is 11.3 Å². The summed E-state index contributed by atoms with van der Waals surface area (Å²) in [7, 11) is 1.37. The minimum Gasteiger partial charge on any atom is -0.465 e. The summed E-state index contributed by atoms with van der Waals surface area (Å²) in [6, 6.07) is 7.36. The average molecular weight is 234 g/mol. The molecule has 0 bridgehead atoms. The zero-order chi connectivity index (χ0) is 11.4. The van der Waals surface area contributed by atoms with Crippen molar-refractivity contribution in [2.75, 3.05) is 12.4 Å². The summed E-state index contributed by atoms with van der Waals surface area (Å²) in [5.41, 5.74) is 0.718. The molecule has 0 saturated heterocycles. The van der Waals surface area contributed by atoms with Crippen LogP contribution in [0.25, 0.3) is 0 Å². The molecule has 0 fully saturated rings. The number of thiophene rings is 1. The van der Waals surface area contributed by atoms with Crippen molar-refractivity contribution < 1.29 is 9.53 Å². The SMILES string of the molecule is COC(=O)c1sccc1Nc1ccccn1. The second-order valence-corrected chi connectivity index (χ2v) is 3.91. The van der Waals surface area contributed by atoms with Crippen molar-refractivity contribution >= 4 is 28.8 Å². The first-order chi connectivity index (χ1) is 7.81. The van der Waals surface area contributed by atoms with Crippen molar-refractivity contribution in [3.8, 4) is 0 Å². The first-order valence-corrected chi connectivity index (χ1v) is 5.53. The van der Waals surface area contributed by atoms with Crippen LogP contribution >= 0.6 is 11.3 Å². The maximum atomic E-state index is 11.4. The molecule has 82 valence electrons. The Morgan fingerprint density at radius 2 is 2.31 bits per heavy atom. The number of aromatic nitrogens is 1. The smallest absolute Gasteiger partial charge is 0.350 e. The first-order valence-electron chi connectivity index (χ1n) is 4.65. The van der Waals surface area contributed by atoms with Crippen LogP contribution < -0.4 is 5.32 Å². The summed E-state index contributed by atoms with van der Waals surface area (Å²) in [6.45, 7) is 0. The van der Waals surface area contributed by atoms with Gasteiger partial charge >= 0.3 is 5.97 Å². The predicted octanol–water partition coefficient (Wildman–Crippen LogP) is 2.67. The van der Waals surface area contributed by atoms with Gasteiger partial charge in [-0.1, -0.05) is 6.07 Å². The van der Waals surface area contributed by atoms with Crippen LogP contribution in [0.2, 0.25) is 0 Å². The molecule has 2 rings (SSSR count). The summed E-state index contributed by atoms with van der Waals surface area (Å²) in [6.07, 6.45) is 1.69. The first kappa shape index (κ1) is 10.6. The lowest BCUT2D eigenvalue weighted by Crippen LogP contribution is -2.02. The number of esters is 1. The Bertz CT molecular complexity index is 482. The van der Waals surface area contributed by atoms with Gasteiger partial charge in [0.1, 0.15) is 10.7 Å². The Labute approximate surface area is 96.9 Å². The van der Waals surface area contributed by atoms with E-state index in [1.165, 1.54) is 18.4 Å². The lowest BCUT2D eigenvalue weighted by molar-refractivity contribution is 0.0607. The molecule has 1 N–H and O–H groups in total.